The van der Waals surface area contributed by atoms with E-state index in [1.807, 2.05) is 13.0 Å². The van der Waals surface area contributed by atoms with E-state index in [4.69, 9.17) is 9.36 Å². The first kappa shape index (κ1) is 26.3. The van der Waals surface area contributed by atoms with Crippen LogP contribution in [0.5, 0.6) is 0 Å². The molecule has 0 N–H and O–H groups in total. The van der Waals surface area contributed by atoms with Gasteiger partial charge >= 0.3 is 8.69 Å². The van der Waals surface area contributed by atoms with Crippen LogP contribution in [0.25, 0.3) is 0 Å². The fourth-order valence-corrected chi connectivity index (χ4v) is 3.68. The molecule has 0 aromatic rings. The molecule has 0 bridgehead atoms. The Morgan fingerprint density at radius 2 is 1.83 bits per heavy atom. The van der Waals surface area contributed by atoms with Crippen molar-refractivity contribution in [2.75, 3.05) is 13.2 Å². The fraction of sp³-hybridized carbons (Fsp3) is 0.560. The molecule has 0 saturated carbocycles. The summed E-state index contributed by atoms with van der Waals surface area (Å²) in [5.41, 5.74) is 5.64. The van der Waals surface area contributed by atoms with Gasteiger partial charge in [-0.05, 0) is 81.9 Å². The smallest absolute Gasteiger partial charge is 0.327 e. The Morgan fingerprint density at radius 1 is 1.10 bits per heavy atom. The van der Waals surface area contributed by atoms with Gasteiger partial charge in [0.2, 0.25) is 0 Å². The summed E-state index contributed by atoms with van der Waals surface area (Å²) in [5.74, 6) is 0. The third kappa shape index (κ3) is 11.4. The lowest BCUT2D eigenvalue weighted by molar-refractivity contribution is 0.140. The molecule has 5 heteroatoms. The molecule has 0 heterocycles. The number of allylic oxidation sites excluding steroid dienone is 10. The molecule has 166 valence electrons. The molecular weight excluding hydrogens is 393 g/mol. The van der Waals surface area contributed by atoms with Crippen molar-refractivity contribution in [2.45, 2.75) is 73.1 Å². The number of nitrogens with zero attached hydrogens (tertiary/aromatic N) is 1. The van der Waals surface area contributed by atoms with Crippen LogP contribution in [0, 0.1) is 5.41 Å². The zero-order chi connectivity index (χ0) is 22.2. The van der Waals surface area contributed by atoms with Crippen LogP contribution in [-0.2, 0) is 13.9 Å². The van der Waals surface area contributed by atoms with Crippen LogP contribution in [0.1, 0.15) is 73.1 Å². The van der Waals surface area contributed by atoms with Crippen LogP contribution in [0.2, 0.25) is 0 Å². The summed E-state index contributed by atoms with van der Waals surface area (Å²) in [5, 5.41) is 3.94. The van der Waals surface area contributed by atoms with E-state index in [2.05, 4.69) is 63.2 Å². The molecule has 1 rings (SSSR count). The third-order valence-corrected chi connectivity index (χ3v) is 5.56. The van der Waals surface area contributed by atoms with Gasteiger partial charge in [0.1, 0.15) is 6.61 Å². The van der Waals surface area contributed by atoms with E-state index in [1.54, 1.807) is 6.21 Å². The van der Waals surface area contributed by atoms with E-state index in [0.29, 0.717) is 13.2 Å². The van der Waals surface area contributed by atoms with Crippen LogP contribution in [0.15, 0.2) is 63.9 Å². The molecule has 0 amide bonds. The van der Waals surface area contributed by atoms with E-state index < -0.39 is 0 Å². The highest BCUT2D eigenvalue weighted by Crippen LogP contribution is 2.40. The lowest BCUT2D eigenvalue weighted by Crippen LogP contribution is -2.19. The zero-order valence-corrected chi connectivity index (χ0v) is 20.2. The van der Waals surface area contributed by atoms with Crippen molar-refractivity contribution in [1.82, 2.24) is 0 Å². The molecule has 0 radical (unpaired) electrons. The van der Waals surface area contributed by atoms with Gasteiger partial charge in [-0.15, -0.1) is 0 Å². The van der Waals surface area contributed by atoms with Gasteiger partial charge in [0.05, 0.1) is 12.8 Å². The van der Waals surface area contributed by atoms with Gasteiger partial charge in [-0.3, -0.25) is 4.52 Å². The molecule has 0 aliphatic heterocycles. The predicted molar refractivity (Wildman–Crippen MR) is 128 cm³/mol. The average Bonchev–Trinajstić information content (AvgIpc) is 2.68. The number of hydrogen-bond acceptors (Lipinski definition) is 4. The van der Waals surface area contributed by atoms with Crippen LogP contribution < -0.4 is 0 Å². The van der Waals surface area contributed by atoms with Crippen LogP contribution >= 0.6 is 8.69 Å². The highest BCUT2D eigenvalue weighted by molar-refractivity contribution is 7.17. The molecule has 0 saturated heterocycles. The maximum Gasteiger partial charge on any atom is 0.327 e. The monoisotopic (exact) mass is 431 g/mol. The Kier molecular flexibility index (Phi) is 13.2. The SMILES string of the molecule is CC1=C(/C=C/C(C)=C/C=C/C(C)=C/C=NOCCCCCOP=O)C(C)(C)CCC1. The van der Waals surface area contributed by atoms with Gasteiger partial charge in [0.15, 0.2) is 0 Å². The van der Waals surface area contributed by atoms with E-state index >= 15 is 0 Å². The summed E-state index contributed by atoms with van der Waals surface area (Å²) in [6.45, 7) is 12.2. The van der Waals surface area contributed by atoms with Gasteiger partial charge < -0.3 is 4.84 Å². The Balaban J connectivity index is 2.38. The Hall–Kier alpha value is -1.77. The van der Waals surface area contributed by atoms with Crippen molar-refractivity contribution < 1.29 is 13.9 Å². The summed E-state index contributed by atoms with van der Waals surface area (Å²) < 4.78 is 14.8. The molecule has 0 aromatic heterocycles. The quantitative estimate of drug-likeness (QED) is 0.0978. The van der Waals surface area contributed by atoms with Crippen LogP contribution in [-0.4, -0.2) is 19.4 Å². The van der Waals surface area contributed by atoms with Gasteiger partial charge in [-0.25, -0.2) is 4.57 Å². The second kappa shape index (κ2) is 15.1. The van der Waals surface area contributed by atoms with Crippen molar-refractivity contribution >= 4 is 14.9 Å². The minimum atomic E-state index is -0.247. The molecule has 0 atom stereocenters. The van der Waals surface area contributed by atoms with Gasteiger partial charge in [0, 0.05) is 0 Å². The van der Waals surface area contributed by atoms with E-state index in [-0.39, 0.29) is 14.1 Å². The minimum Gasteiger partial charge on any atom is -0.396 e. The summed E-state index contributed by atoms with van der Waals surface area (Å²) in [6.07, 6.45) is 20.9. The molecule has 0 aromatic carbocycles. The first-order valence-electron chi connectivity index (χ1n) is 10.9. The van der Waals surface area contributed by atoms with E-state index in [1.165, 1.54) is 36.0 Å². The molecule has 1 aliphatic carbocycles. The lowest BCUT2D eigenvalue weighted by atomic mass is 9.72. The maximum absolute atomic E-state index is 10.1. The van der Waals surface area contributed by atoms with Crippen LogP contribution in [0.3, 0.4) is 0 Å². The van der Waals surface area contributed by atoms with Gasteiger partial charge in [-0.2, -0.15) is 0 Å². The third-order valence-electron chi connectivity index (χ3n) is 5.27. The average molecular weight is 432 g/mol. The fourth-order valence-electron chi connectivity index (χ4n) is 3.48. The van der Waals surface area contributed by atoms with Gasteiger partial charge in [-0.1, -0.05) is 60.5 Å². The van der Waals surface area contributed by atoms with E-state index in [0.717, 1.165) is 24.8 Å². The standard InChI is InChI=1S/C25H38NO3P/c1-21(14-15-24-23(3)13-10-17-25(24,4)5)11-9-12-22(2)16-18-26-28-19-7-6-8-20-29-30-27/h9,11-12,14-16,18H,6-8,10,13,17,19-20H2,1-5H3/b12-9+,15-14+,21-11+,22-16+,26-18?. The van der Waals surface area contributed by atoms with Crippen LogP contribution in [0.4, 0.5) is 0 Å². The molecule has 0 spiro atoms. The second-order valence-electron chi connectivity index (χ2n) is 8.50. The van der Waals surface area contributed by atoms with Gasteiger partial charge in [0.25, 0.3) is 0 Å². The summed E-state index contributed by atoms with van der Waals surface area (Å²) in [4.78, 5) is 5.22. The van der Waals surface area contributed by atoms with Crippen molar-refractivity contribution in [3.8, 4) is 0 Å². The summed E-state index contributed by atoms with van der Waals surface area (Å²) >= 11 is 0. The molecule has 0 unspecified atom stereocenters. The normalized spacial score (nSPS) is 18.4. The van der Waals surface area contributed by atoms with Crippen molar-refractivity contribution in [2.24, 2.45) is 10.6 Å². The molecular formula is C25H38NO3P. The Labute approximate surface area is 184 Å². The summed E-state index contributed by atoms with van der Waals surface area (Å²) in [6, 6.07) is 0. The first-order chi connectivity index (χ1) is 14.4. The zero-order valence-electron chi connectivity index (χ0n) is 19.3. The topological polar surface area (TPSA) is 47.9 Å². The minimum absolute atomic E-state index is 0.247. The molecule has 30 heavy (non-hydrogen) atoms. The largest absolute Gasteiger partial charge is 0.396 e. The van der Waals surface area contributed by atoms with Crippen molar-refractivity contribution in [3.05, 3.63) is 58.7 Å². The summed E-state index contributed by atoms with van der Waals surface area (Å²) in [7, 11) is -0.247. The molecule has 1 aliphatic rings. The Bertz CT molecular complexity index is 712. The highest BCUT2D eigenvalue weighted by atomic mass is 31.1. The van der Waals surface area contributed by atoms with Crippen molar-refractivity contribution in [3.63, 3.8) is 0 Å². The Morgan fingerprint density at radius 3 is 2.57 bits per heavy atom. The second-order valence-corrected chi connectivity index (χ2v) is 8.91. The number of rotatable bonds is 13. The molecule has 0 fully saturated rings. The maximum atomic E-state index is 10.1. The number of unbranched alkanes of at least 4 members (excludes halogenated alkanes) is 2. The highest BCUT2D eigenvalue weighted by Gasteiger charge is 2.26. The number of hydrogen-bond donors (Lipinski definition) is 0. The number of oxime groups is 1. The first-order valence-corrected chi connectivity index (χ1v) is 11.6. The lowest BCUT2D eigenvalue weighted by Gasteiger charge is -2.32. The van der Waals surface area contributed by atoms with Crippen molar-refractivity contribution in [1.29, 1.82) is 0 Å². The molecule has 4 nitrogen and oxygen atoms in total. The predicted octanol–water partition coefficient (Wildman–Crippen LogP) is 7.91. The van der Waals surface area contributed by atoms with E-state index in [9.17, 15) is 4.57 Å².